The zero-order valence-corrected chi connectivity index (χ0v) is 11.9. The van der Waals surface area contributed by atoms with Gasteiger partial charge in [0.2, 0.25) is 0 Å². The van der Waals surface area contributed by atoms with E-state index >= 15 is 0 Å². The van der Waals surface area contributed by atoms with Crippen molar-refractivity contribution in [3.63, 3.8) is 0 Å². The fourth-order valence-corrected chi connectivity index (χ4v) is 3.22. The fourth-order valence-electron chi connectivity index (χ4n) is 2.00. The van der Waals surface area contributed by atoms with Crippen molar-refractivity contribution in [3.8, 4) is 0 Å². The van der Waals surface area contributed by atoms with Crippen molar-refractivity contribution in [2.75, 3.05) is 13.2 Å². The van der Waals surface area contributed by atoms with Crippen molar-refractivity contribution in [3.05, 3.63) is 29.8 Å². The van der Waals surface area contributed by atoms with Gasteiger partial charge in [-0.15, -0.1) is 0 Å². The van der Waals surface area contributed by atoms with Crippen LogP contribution < -0.4 is 0 Å². The Labute approximate surface area is 117 Å². The molecule has 0 bridgehead atoms. The maximum atomic E-state index is 12.2. The summed E-state index contributed by atoms with van der Waals surface area (Å²) in [6, 6.07) is 6.07. The Bertz CT molecular complexity index is 584. The van der Waals surface area contributed by atoms with Gasteiger partial charge in [-0.2, -0.15) is 8.42 Å². The molecule has 0 aromatic heterocycles. The molecule has 0 spiro atoms. The molecule has 1 aromatic carbocycles. The molecule has 20 heavy (non-hydrogen) atoms. The second-order valence-corrected chi connectivity index (χ2v) is 6.31. The summed E-state index contributed by atoms with van der Waals surface area (Å²) in [4.78, 5) is 11.3. The van der Waals surface area contributed by atoms with Crippen LogP contribution in [0.2, 0.25) is 0 Å². The average Bonchev–Trinajstić information content (AvgIpc) is 2.39. The average molecular weight is 300 g/mol. The molecule has 7 heteroatoms. The van der Waals surface area contributed by atoms with Crippen molar-refractivity contribution in [1.29, 1.82) is 0 Å². The van der Waals surface area contributed by atoms with Gasteiger partial charge in [0, 0.05) is 26.1 Å². The number of carboxylic acids is 1. The standard InChI is InChI=1S/C13H16O6S/c1-10-2-4-11(5-3-10)20(16,17)19-13(12(14)15)6-8-18-9-7-13/h2-5H,6-9H2,1H3,(H,14,15). The van der Waals surface area contributed by atoms with Crippen LogP contribution >= 0.6 is 0 Å². The lowest BCUT2D eigenvalue weighted by atomic mass is 9.95. The SMILES string of the molecule is Cc1ccc(S(=O)(=O)OC2(C(=O)O)CCOCC2)cc1. The molecular formula is C13H16O6S. The molecule has 1 saturated heterocycles. The minimum absolute atomic E-state index is 0.00737. The molecule has 0 unspecified atom stereocenters. The third kappa shape index (κ3) is 3.00. The lowest BCUT2D eigenvalue weighted by Crippen LogP contribution is -2.47. The number of aryl methyl sites for hydroxylation is 1. The van der Waals surface area contributed by atoms with E-state index < -0.39 is 21.7 Å². The molecule has 1 N–H and O–H groups in total. The number of benzene rings is 1. The van der Waals surface area contributed by atoms with Crippen LogP contribution in [0, 0.1) is 6.92 Å². The van der Waals surface area contributed by atoms with E-state index in [0.29, 0.717) is 0 Å². The Morgan fingerprint density at radius 1 is 1.25 bits per heavy atom. The van der Waals surface area contributed by atoms with Crippen LogP contribution in [0.15, 0.2) is 29.2 Å². The van der Waals surface area contributed by atoms with Crippen molar-refractivity contribution in [1.82, 2.24) is 0 Å². The van der Waals surface area contributed by atoms with Crippen molar-refractivity contribution >= 4 is 16.1 Å². The Kier molecular flexibility index (Phi) is 4.12. The molecule has 0 amide bonds. The minimum Gasteiger partial charge on any atom is -0.479 e. The van der Waals surface area contributed by atoms with Crippen LogP contribution in [0.5, 0.6) is 0 Å². The minimum atomic E-state index is -4.12. The summed E-state index contributed by atoms with van der Waals surface area (Å²) >= 11 is 0. The Morgan fingerprint density at radius 2 is 1.80 bits per heavy atom. The first kappa shape index (κ1) is 15.0. The topological polar surface area (TPSA) is 89.9 Å². The van der Waals surface area contributed by atoms with E-state index in [1.165, 1.54) is 12.1 Å². The van der Waals surface area contributed by atoms with Gasteiger partial charge in [0.1, 0.15) is 0 Å². The van der Waals surface area contributed by atoms with E-state index in [1.807, 2.05) is 6.92 Å². The first-order valence-electron chi connectivity index (χ1n) is 6.19. The van der Waals surface area contributed by atoms with Crippen LogP contribution in [0.3, 0.4) is 0 Å². The first-order chi connectivity index (χ1) is 9.36. The fraction of sp³-hybridized carbons (Fsp3) is 0.462. The van der Waals surface area contributed by atoms with Gasteiger partial charge < -0.3 is 9.84 Å². The zero-order chi connectivity index (χ0) is 14.8. The van der Waals surface area contributed by atoms with Crippen LogP contribution in [0.4, 0.5) is 0 Å². The highest BCUT2D eigenvalue weighted by atomic mass is 32.2. The summed E-state index contributed by atoms with van der Waals surface area (Å²) in [5.41, 5.74) is -0.829. The Hall–Kier alpha value is -1.44. The van der Waals surface area contributed by atoms with E-state index in [-0.39, 0.29) is 31.0 Å². The largest absolute Gasteiger partial charge is 0.479 e. The number of ether oxygens (including phenoxy) is 1. The summed E-state index contributed by atoms with van der Waals surface area (Å²) in [6.07, 6.45) is 0.0147. The zero-order valence-electron chi connectivity index (χ0n) is 11.0. The van der Waals surface area contributed by atoms with Gasteiger partial charge in [-0.05, 0) is 19.1 Å². The highest BCUT2D eigenvalue weighted by molar-refractivity contribution is 7.86. The highest BCUT2D eigenvalue weighted by Crippen LogP contribution is 2.30. The maximum absolute atomic E-state index is 12.2. The number of carboxylic acid groups (broad SMARTS) is 1. The Morgan fingerprint density at radius 3 is 2.30 bits per heavy atom. The van der Waals surface area contributed by atoms with E-state index in [2.05, 4.69) is 0 Å². The molecule has 0 radical (unpaired) electrons. The second-order valence-electron chi connectivity index (χ2n) is 4.76. The van der Waals surface area contributed by atoms with Gasteiger partial charge in [0.05, 0.1) is 4.90 Å². The quantitative estimate of drug-likeness (QED) is 0.844. The van der Waals surface area contributed by atoms with Gasteiger partial charge in [0.15, 0.2) is 5.60 Å². The van der Waals surface area contributed by atoms with E-state index in [0.717, 1.165) is 5.56 Å². The lowest BCUT2D eigenvalue weighted by molar-refractivity contribution is -0.163. The number of hydrogen-bond acceptors (Lipinski definition) is 5. The molecule has 0 aliphatic carbocycles. The Balaban J connectivity index is 2.30. The first-order valence-corrected chi connectivity index (χ1v) is 7.60. The summed E-state index contributed by atoms with van der Waals surface area (Å²) in [7, 11) is -4.12. The lowest BCUT2D eigenvalue weighted by Gasteiger charge is -2.31. The smallest absolute Gasteiger partial charge is 0.337 e. The number of hydrogen-bond donors (Lipinski definition) is 1. The molecule has 0 atom stereocenters. The second kappa shape index (κ2) is 5.51. The van der Waals surface area contributed by atoms with E-state index in [1.54, 1.807) is 12.1 Å². The molecule has 6 nitrogen and oxygen atoms in total. The van der Waals surface area contributed by atoms with Crippen LogP contribution in [-0.4, -0.2) is 38.3 Å². The summed E-state index contributed by atoms with van der Waals surface area (Å²) < 4.78 is 34.5. The number of aliphatic carboxylic acids is 1. The van der Waals surface area contributed by atoms with E-state index in [9.17, 15) is 18.3 Å². The third-order valence-corrected chi connectivity index (χ3v) is 4.66. The number of carbonyl (C=O) groups is 1. The molecule has 0 saturated carbocycles. The summed E-state index contributed by atoms with van der Waals surface area (Å²) in [6.45, 7) is 2.15. The normalized spacial score (nSPS) is 18.6. The van der Waals surface area contributed by atoms with Crippen LogP contribution in [-0.2, 0) is 23.8 Å². The summed E-state index contributed by atoms with van der Waals surface area (Å²) in [5, 5.41) is 9.30. The van der Waals surface area contributed by atoms with Crippen LogP contribution in [0.25, 0.3) is 0 Å². The van der Waals surface area contributed by atoms with Crippen LogP contribution in [0.1, 0.15) is 18.4 Å². The maximum Gasteiger partial charge on any atom is 0.337 e. The molecule has 1 heterocycles. The molecular weight excluding hydrogens is 284 g/mol. The van der Waals surface area contributed by atoms with Gasteiger partial charge in [0.25, 0.3) is 10.1 Å². The monoisotopic (exact) mass is 300 g/mol. The molecule has 1 fully saturated rings. The molecule has 2 rings (SSSR count). The predicted octanol–water partition coefficient (Wildman–Crippen LogP) is 1.33. The van der Waals surface area contributed by atoms with Gasteiger partial charge in [-0.3, -0.25) is 0 Å². The highest BCUT2D eigenvalue weighted by Gasteiger charge is 2.45. The van der Waals surface area contributed by atoms with Gasteiger partial charge in [-0.25, -0.2) is 8.98 Å². The molecule has 110 valence electrons. The van der Waals surface area contributed by atoms with Gasteiger partial charge >= 0.3 is 5.97 Å². The summed E-state index contributed by atoms with van der Waals surface area (Å²) in [5.74, 6) is -1.28. The molecule has 1 aliphatic rings. The van der Waals surface area contributed by atoms with Crippen molar-refractivity contribution in [2.24, 2.45) is 0 Å². The van der Waals surface area contributed by atoms with Crippen molar-refractivity contribution < 1.29 is 27.2 Å². The molecule has 1 aliphatic heterocycles. The predicted molar refractivity (Wildman–Crippen MR) is 69.9 cm³/mol. The third-order valence-electron chi connectivity index (χ3n) is 3.27. The molecule has 1 aromatic rings. The van der Waals surface area contributed by atoms with Crippen molar-refractivity contribution in [2.45, 2.75) is 30.3 Å². The van der Waals surface area contributed by atoms with E-state index in [4.69, 9.17) is 8.92 Å². The number of rotatable bonds is 4. The van der Waals surface area contributed by atoms with Gasteiger partial charge in [-0.1, -0.05) is 17.7 Å².